The van der Waals surface area contributed by atoms with Crippen molar-refractivity contribution in [2.75, 3.05) is 0 Å². The molecule has 11 aromatic rings. The van der Waals surface area contributed by atoms with Gasteiger partial charge >= 0.3 is 0 Å². The summed E-state index contributed by atoms with van der Waals surface area (Å²) in [5.74, 6) is 0. The molecule has 0 fully saturated rings. The van der Waals surface area contributed by atoms with Crippen molar-refractivity contribution in [3.8, 4) is 55.6 Å². The molecule has 0 atom stereocenters. The van der Waals surface area contributed by atoms with Crippen LogP contribution in [0.4, 0.5) is 0 Å². The van der Waals surface area contributed by atoms with Crippen molar-refractivity contribution in [1.29, 1.82) is 0 Å². The Morgan fingerprint density at radius 3 is 1.23 bits per heavy atom. The van der Waals surface area contributed by atoms with Crippen molar-refractivity contribution in [2.45, 2.75) is 26.2 Å². The fraction of sp³-hybridized carbons (Fsp3) is 0.0690. The van der Waals surface area contributed by atoms with Crippen molar-refractivity contribution in [2.24, 2.45) is 0 Å². The van der Waals surface area contributed by atoms with Gasteiger partial charge in [0.2, 0.25) is 0 Å². The van der Waals surface area contributed by atoms with E-state index in [9.17, 15) is 0 Å². The van der Waals surface area contributed by atoms with Crippen molar-refractivity contribution in [1.82, 2.24) is 0 Å². The Balaban J connectivity index is 1.19. The second-order valence-electron chi connectivity index (χ2n) is 18.3. The van der Waals surface area contributed by atoms with Gasteiger partial charge in [-0.3, -0.25) is 0 Å². The average molecular weight is 795 g/mol. The van der Waals surface area contributed by atoms with Crippen LogP contribution in [0.15, 0.2) is 182 Å². The zero-order valence-corrected chi connectivity index (χ0v) is 36.3. The zero-order chi connectivity index (χ0) is 40.1. The first-order valence-corrected chi connectivity index (χ1v) is 27.4. The van der Waals surface area contributed by atoms with Gasteiger partial charge in [0.15, 0.2) is 0 Å². The van der Waals surface area contributed by atoms with Crippen molar-refractivity contribution in [3.63, 3.8) is 0 Å². The smallest absolute Gasteiger partial charge is 0.0623 e. The first-order valence-electron chi connectivity index (χ1n) is 21.4. The molecular weight excluding hydrogens is 753 g/mol. The van der Waals surface area contributed by atoms with Gasteiger partial charge in [-0.25, -0.2) is 0 Å². The van der Waals surface area contributed by atoms with Gasteiger partial charge in [0.25, 0.3) is 0 Å². The standard InChI is InChI=1S/C58H42Si2/c1-59(2)52-29-7-5-18-40(52)47-27-13-25-45(57(47)59)38-20-11-23-42-49(38)34-50-39(46-26-14-28-48-41-19-6-8-30-53(41)60(3,4)58(46)48)21-12-24-43(50)56(42)51-33-37-17-9-15-35-31-32-36-16-10-22-44(51)55(36)54(35)37/h5-34H,1-4H3. The molecule has 2 heterocycles. The van der Waals surface area contributed by atoms with E-state index < -0.39 is 16.1 Å². The van der Waals surface area contributed by atoms with Crippen LogP contribution < -0.4 is 20.7 Å². The van der Waals surface area contributed by atoms with Crippen LogP contribution in [0.25, 0.3) is 109 Å². The molecule has 0 radical (unpaired) electrons. The minimum absolute atomic E-state index is 1.29. The lowest BCUT2D eigenvalue weighted by Crippen LogP contribution is -2.50. The molecule has 0 N–H and O–H groups in total. The van der Waals surface area contributed by atoms with Crippen LogP contribution in [0.3, 0.4) is 0 Å². The molecule has 0 nitrogen and oxygen atoms in total. The van der Waals surface area contributed by atoms with E-state index in [0.717, 1.165) is 0 Å². The molecule has 282 valence electrons. The van der Waals surface area contributed by atoms with Crippen molar-refractivity contribution in [3.05, 3.63) is 182 Å². The van der Waals surface area contributed by atoms with Crippen LogP contribution in [-0.2, 0) is 0 Å². The lowest BCUT2D eigenvalue weighted by atomic mass is 9.83. The van der Waals surface area contributed by atoms with Gasteiger partial charge in [-0.15, -0.1) is 0 Å². The summed E-state index contributed by atoms with van der Waals surface area (Å²) >= 11 is 0. The van der Waals surface area contributed by atoms with Crippen LogP contribution in [-0.4, -0.2) is 16.1 Å². The fourth-order valence-corrected chi connectivity index (χ4v) is 19.0. The Bertz CT molecular complexity index is 3500. The molecule has 0 amide bonds. The van der Waals surface area contributed by atoms with Gasteiger partial charge < -0.3 is 0 Å². The molecule has 0 aliphatic carbocycles. The lowest BCUT2D eigenvalue weighted by molar-refractivity contribution is 1.66. The Hall–Kier alpha value is -6.59. The van der Waals surface area contributed by atoms with E-state index in [-0.39, 0.29) is 0 Å². The van der Waals surface area contributed by atoms with Gasteiger partial charge in [0, 0.05) is 0 Å². The third-order valence-electron chi connectivity index (χ3n) is 14.6. The first-order chi connectivity index (χ1) is 29.3. The number of fused-ring (bicyclic) bond motifs is 8. The highest BCUT2D eigenvalue weighted by Crippen LogP contribution is 2.48. The second kappa shape index (κ2) is 12.0. The van der Waals surface area contributed by atoms with Crippen LogP contribution in [0.1, 0.15) is 0 Å². The average Bonchev–Trinajstić information content (AvgIpc) is 3.67. The highest BCUT2D eigenvalue weighted by Gasteiger charge is 2.41. The zero-order valence-electron chi connectivity index (χ0n) is 34.3. The molecule has 0 aromatic heterocycles. The molecule has 13 rings (SSSR count). The number of hydrogen-bond donors (Lipinski definition) is 0. The molecular formula is C58H42Si2. The molecule has 11 aromatic carbocycles. The maximum absolute atomic E-state index is 2.57. The monoisotopic (exact) mass is 794 g/mol. The molecule has 60 heavy (non-hydrogen) atoms. The van der Waals surface area contributed by atoms with E-state index in [1.165, 1.54) is 109 Å². The predicted octanol–water partition coefficient (Wildman–Crippen LogP) is 13.5. The number of hydrogen-bond acceptors (Lipinski definition) is 0. The Kier molecular flexibility index (Phi) is 6.86. The number of rotatable bonds is 3. The summed E-state index contributed by atoms with van der Waals surface area (Å²) in [4.78, 5) is 0. The molecule has 0 spiro atoms. The fourth-order valence-electron chi connectivity index (χ4n) is 12.0. The summed E-state index contributed by atoms with van der Waals surface area (Å²) in [5.41, 5.74) is 13.7. The third-order valence-corrected chi connectivity index (χ3v) is 21.7. The summed E-state index contributed by atoms with van der Waals surface area (Å²) < 4.78 is 0. The van der Waals surface area contributed by atoms with Crippen LogP contribution >= 0.6 is 0 Å². The summed E-state index contributed by atoms with van der Waals surface area (Å²) in [5, 5.41) is 19.4. The highest BCUT2D eigenvalue weighted by molar-refractivity contribution is 7.05. The summed E-state index contributed by atoms with van der Waals surface area (Å²) in [6, 6.07) is 70.2. The SMILES string of the molecule is C[Si]1(C)c2ccccc2-c2cccc(-c3cccc4c(-c5cc6cccc7ccc8cccc5c8c76)c5cccc(-c6cccc7c6[Si](C)(C)c6ccccc6-7)c5cc34)c21. The molecule has 0 saturated carbocycles. The Labute approximate surface area is 352 Å². The Morgan fingerprint density at radius 2 is 0.667 bits per heavy atom. The van der Waals surface area contributed by atoms with E-state index in [2.05, 4.69) is 208 Å². The summed E-state index contributed by atoms with van der Waals surface area (Å²) in [6.45, 7) is 10.2. The van der Waals surface area contributed by atoms with Crippen molar-refractivity contribution < 1.29 is 0 Å². The quantitative estimate of drug-likeness (QED) is 0.0949. The van der Waals surface area contributed by atoms with Gasteiger partial charge in [0.05, 0.1) is 0 Å². The minimum atomic E-state index is -2.02. The predicted molar refractivity (Wildman–Crippen MR) is 266 cm³/mol. The lowest BCUT2D eigenvalue weighted by Gasteiger charge is -2.25. The van der Waals surface area contributed by atoms with E-state index in [1.807, 2.05) is 0 Å². The molecule has 0 bridgehead atoms. The summed E-state index contributed by atoms with van der Waals surface area (Å²) in [6.07, 6.45) is 0. The van der Waals surface area contributed by atoms with E-state index in [4.69, 9.17) is 0 Å². The molecule has 0 saturated heterocycles. The highest BCUT2D eigenvalue weighted by atomic mass is 28.3. The van der Waals surface area contributed by atoms with E-state index >= 15 is 0 Å². The summed E-state index contributed by atoms with van der Waals surface area (Å²) in [7, 11) is -4.05. The van der Waals surface area contributed by atoms with Gasteiger partial charge in [-0.2, -0.15) is 0 Å². The van der Waals surface area contributed by atoms with E-state index in [0.29, 0.717) is 0 Å². The normalized spacial score (nSPS) is 14.6. The second-order valence-corrected chi connectivity index (χ2v) is 26.9. The Morgan fingerprint density at radius 1 is 0.267 bits per heavy atom. The third kappa shape index (κ3) is 4.40. The molecule has 2 aliphatic rings. The van der Waals surface area contributed by atoms with Crippen LogP contribution in [0, 0.1) is 0 Å². The molecule has 2 heteroatoms. The topological polar surface area (TPSA) is 0 Å². The van der Waals surface area contributed by atoms with Crippen LogP contribution in [0.5, 0.6) is 0 Å². The molecule has 2 aliphatic heterocycles. The van der Waals surface area contributed by atoms with Gasteiger partial charge in [-0.05, 0) is 142 Å². The van der Waals surface area contributed by atoms with Crippen LogP contribution in [0.2, 0.25) is 26.2 Å². The van der Waals surface area contributed by atoms with E-state index in [1.54, 1.807) is 20.7 Å². The van der Waals surface area contributed by atoms with Gasteiger partial charge in [-0.1, -0.05) is 196 Å². The van der Waals surface area contributed by atoms with Gasteiger partial charge in [0.1, 0.15) is 16.1 Å². The maximum atomic E-state index is 2.57. The first kappa shape index (κ1) is 34.3. The molecule has 0 unspecified atom stereocenters. The maximum Gasteiger partial charge on any atom is 0.114 e. The largest absolute Gasteiger partial charge is 0.114 e. The minimum Gasteiger partial charge on any atom is -0.0623 e. The number of benzene rings is 11. The van der Waals surface area contributed by atoms with Crippen molar-refractivity contribution >= 4 is 90.8 Å².